The molecule has 4 aliphatic rings. The van der Waals surface area contributed by atoms with Crippen LogP contribution < -0.4 is 21.3 Å². The molecule has 3 aromatic rings. The molecule has 0 unspecified atom stereocenters. The first-order valence-electron chi connectivity index (χ1n) is 23.1. The molecule has 2 heterocycles. The molecule has 0 spiro atoms. The summed E-state index contributed by atoms with van der Waals surface area (Å²) in [7, 11) is 0. The number of unbranched alkanes of at least 4 members (excludes halogenated alkanes) is 6. The highest BCUT2D eigenvalue weighted by molar-refractivity contribution is 6.00. The summed E-state index contributed by atoms with van der Waals surface area (Å²) in [6, 6.07) is 26.5. The van der Waals surface area contributed by atoms with E-state index in [1.807, 2.05) is 36.4 Å². The molecule has 2 aliphatic heterocycles. The molecule has 7 rings (SSSR count). The molecule has 0 radical (unpaired) electrons. The van der Waals surface area contributed by atoms with Crippen molar-refractivity contribution in [3.63, 3.8) is 0 Å². The standard InChI is InChI=1S/C50H64N6O6/c1-3-5-7-15-25-51-45(57)39-29-55(30-40(39)46(58)52-26-16-8-6-4-2)49(61)35-21-23-36(24-22-35)50(62)56-31-41(47(59)53-43-27-37(43)33-17-11-9-12-18-33)42(32-56)48(60)54-44-28-38(44)34-19-13-10-14-20-34/h9-14,17-24,37-44H,3-8,15-16,25-32H2,1-2H3,(H,51,57)(H,52,58)(H,53,59)(H,54,60)/t37-,38-,39-,40-,41-,42-,43+,44+/m1/s1. The van der Waals surface area contributed by atoms with E-state index in [1.54, 1.807) is 34.1 Å². The third-order valence-electron chi connectivity index (χ3n) is 13.3. The van der Waals surface area contributed by atoms with Crippen molar-refractivity contribution in [1.29, 1.82) is 0 Å². The number of hydrogen-bond donors (Lipinski definition) is 4. The largest absolute Gasteiger partial charge is 0.356 e. The van der Waals surface area contributed by atoms with Gasteiger partial charge in [0.15, 0.2) is 0 Å². The van der Waals surface area contributed by atoms with Gasteiger partial charge in [-0.3, -0.25) is 28.8 Å². The average molecular weight is 845 g/mol. The normalized spacial score (nSPS) is 24.9. The average Bonchev–Trinajstić information content (AvgIpc) is 4.14. The summed E-state index contributed by atoms with van der Waals surface area (Å²) in [5.41, 5.74) is 3.01. The summed E-state index contributed by atoms with van der Waals surface area (Å²) in [4.78, 5) is 85.8. The topological polar surface area (TPSA) is 157 Å². The number of benzene rings is 3. The van der Waals surface area contributed by atoms with Gasteiger partial charge in [0.25, 0.3) is 11.8 Å². The minimum Gasteiger partial charge on any atom is -0.356 e. The van der Waals surface area contributed by atoms with Crippen molar-refractivity contribution in [2.75, 3.05) is 39.3 Å². The van der Waals surface area contributed by atoms with Gasteiger partial charge in [-0.25, -0.2) is 0 Å². The third-order valence-corrected chi connectivity index (χ3v) is 13.3. The van der Waals surface area contributed by atoms with Crippen molar-refractivity contribution >= 4 is 35.4 Å². The molecule has 3 aromatic carbocycles. The fraction of sp³-hybridized carbons (Fsp3) is 0.520. The van der Waals surface area contributed by atoms with Gasteiger partial charge in [0.1, 0.15) is 0 Å². The van der Waals surface area contributed by atoms with Crippen LogP contribution in [0.15, 0.2) is 84.9 Å². The van der Waals surface area contributed by atoms with E-state index in [4.69, 9.17) is 0 Å². The van der Waals surface area contributed by atoms with E-state index >= 15 is 0 Å². The van der Waals surface area contributed by atoms with Gasteiger partial charge in [-0.1, -0.05) is 113 Å². The van der Waals surface area contributed by atoms with Crippen LogP contribution in [0.1, 0.15) is 122 Å². The molecule has 2 saturated heterocycles. The zero-order valence-corrected chi connectivity index (χ0v) is 36.4. The van der Waals surface area contributed by atoms with E-state index in [1.165, 1.54) is 11.1 Å². The Labute approximate surface area is 366 Å². The molecule has 12 nitrogen and oxygen atoms in total. The fourth-order valence-corrected chi connectivity index (χ4v) is 9.34. The van der Waals surface area contributed by atoms with Crippen LogP contribution in [0.5, 0.6) is 0 Å². The summed E-state index contributed by atoms with van der Waals surface area (Å²) < 4.78 is 0. The highest BCUT2D eigenvalue weighted by Gasteiger charge is 2.49. The van der Waals surface area contributed by atoms with Gasteiger partial charge in [0.2, 0.25) is 23.6 Å². The maximum absolute atomic E-state index is 14.1. The third kappa shape index (κ3) is 11.1. The molecule has 330 valence electrons. The lowest BCUT2D eigenvalue weighted by Crippen LogP contribution is -2.43. The molecule has 8 atom stereocenters. The van der Waals surface area contributed by atoms with E-state index in [-0.39, 0.29) is 85.5 Å². The number of likely N-dealkylation sites (tertiary alicyclic amines) is 2. The molecule has 2 saturated carbocycles. The SMILES string of the molecule is CCCCCCNC(=O)[C@@H]1CN(C(=O)c2ccc(C(=O)N3C[C@@H](C(=O)N[C@H]4C[C@@H]4c4ccccc4)[C@H](C(=O)N[C@H]4C[C@@H]4c4ccccc4)C3)cc2)C[C@H]1C(=O)NCCCCCC. The molecular weight excluding hydrogens is 781 g/mol. The molecule has 0 bridgehead atoms. The predicted octanol–water partition coefficient (Wildman–Crippen LogP) is 5.80. The van der Waals surface area contributed by atoms with Crippen LogP contribution in [0.3, 0.4) is 0 Å². The van der Waals surface area contributed by atoms with Gasteiger partial charge < -0.3 is 31.1 Å². The minimum absolute atomic E-state index is 0.0228. The van der Waals surface area contributed by atoms with Gasteiger partial charge in [0, 0.05) is 74.3 Å². The van der Waals surface area contributed by atoms with Gasteiger partial charge in [-0.05, 0) is 61.1 Å². The number of carbonyl (C=O) groups excluding carboxylic acids is 6. The zero-order chi connectivity index (χ0) is 43.6. The predicted molar refractivity (Wildman–Crippen MR) is 238 cm³/mol. The Bertz CT molecular complexity index is 1920. The number of carbonyl (C=O) groups is 6. The van der Waals surface area contributed by atoms with Crippen LogP contribution in [-0.2, 0) is 19.2 Å². The van der Waals surface area contributed by atoms with E-state index in [2.05, 4.69) is 59.4 Å². The number of hydrogen-bond acceptors (Lipinski definition) is 6. The smallest absolute Gasteiger partial charge is 0.253 e. The van der Waals surface area contributed by atoms with Crippen LogP contribution >= 0.6 is 0 Å². The fourth-order valence-electron chi connectivity index (χ4n) is 9.34. The summed E-state index contributed by atoms with van der Waals surface area (Å²) >= 11 is 0. The summed E-state index contributed by atoms with van der Waals surface area (Å²) in [6.45, 7) is 5.75. The lowest BCUT2D eigenvalue weighted by atomic mass is 9.94. The first-order valence-corrected chi connectivity index (χ1v) is 23.1. The van der Waals surface area contributed by atoms with E-state index < -0.39 is 23.7 Å². The van der Waals surface area contributed by atoms with Crippen molar-refractivity contribution in [2.45, 2.75) is 102 Å². The number of nitrogens with zero attached hydrogens (tertiary/aromatic N) is 2. The Balaban J connectivity index is 0.993. The Kier molecular flexibility index (Phi) is 15.1. The molecule has 12 heteroatoms. The van der Waals surface area contributed by atoms with Crippen molar-refractivity contribution < 1.29 is 28.8 Å². The quantitative estimate of drug-likeness (QED) is 0.105. The number of rotatable bonds is 20. The highest BCUT2D eigenvalue weighted by atomic mass is 16.2. The number of nitrogens with one attached hydrogen (secondary N) is 4. The Morgan fingerprint density at radius 3 is 1.18 bits per heavy atom. The maximum Gasteiger partial charge on any atom is 0.253 e. The maximum atomic E-state index is 14.1. The van der Waals surface area contributed by atoms with Gasteiger partial charge in [0.05, 0.1) is 23.7 Å². The summed E-state index contributed by atoms with van der Waals surface area (Å²) in [6.07, 6.45) is 9.77. The van der Waals surface area contributed by atoms with Crippen LogP contribution in [0, 0.1) is 23.7 Å². The molecule has 4 N–H and O–H groups in total. The second-order valence-electron chi connectivity index (χ2n) is 17.9. The highest BCUT2D eigenvalue weighted by Crippen LogP contribution is 2.43. The summed E-state index contributed by atoms with van der Waals surface area (Å²) in [5, 5.41) is 12.4. The Morgan fingerprint density at radius 1 is 0.468 bits per heavy atom. The van der Waals surface area contributed by atoms with Crippen molar-refractivity contribution in [1.82, 2.24) is 31.1 Å². The molecule has 0 aromatic heterocycles. The monoisotopic (exact) mass is 844 g/mol. The van der Waals surface area contributed by atoms with Crippen LogP contribution in [0.25, 0.3) is 0 Å². The van der Waals surface area contributed by atoms with Crippen LogP contribution in [0.2, 0.25) is 0 Å². The first-order chi connectivity index (χ1) is 30.2. The zero-order valence-electron chi connectivity index (χ0n) is 36.4. The molecule has 62 heavy (non-hydrogen) atoms. The van der Waals surface area contributed by atoms with Gasteiger partial charge in [-0.2, -0.15) is 0 Å². The van der Waals surface area contributed by atoms with Gasteiger partial charge in [-0.15, -0.1) is 0 Å². The van der Waals surface area contributed by atoms with Crippen LogP contribution in [0.4, 0.5) is 0 Å². The Hall–Kier alpha value is -5.52. The first kappa shape index (κ1) is 44.5. The molecule has 2 aliphatic carbocycles. The molecule has 6 amide bonds. The second-order valence-corrected chi connectivity index (χ2v) is 17.9. The van der Waals surface area contributed by atoms with E-state index in [9.17, 15) is 28.8 Å². The number of amides is 6. The summed E-state index contributed by atoms with van der Waals surface area (Å²) in [5.74, 6) is -3.85. The van der Waals surface area contributed by atoms with Crippen molar-refractivity contribution in [3.05, 3.63) is 107 Å². The Morgan fingerprint density at radius 2 is 0.823 bits per heavy atom. The van der Waals surface area contributed by atoms with Crippen molar-refractivity contribution in [2.24, 2.45) is 23.7 Å². The molecule has 4 fully saturated rings. The lowest BCUT2D eigenvalue weighted by Gasteiger charge is -2.18. The van der Waals surface area contributed by atoms with Crippen LogP contribution in [-0.4, -0.2) is 96.6 Å². The van der Waals surface area contributed by atoms with E-state index in [0.29, 0.717) is 24.2 Å². The van der Waals surface area contributed by atoms with Crippen molar-refractivity contribution in [3.8, 4) is 0 Å². The minimum atomic E-state index is -0.719. The van der Waals surface area contributed by atoms with Gasteiger partial charge >= 0.3 is 0 Å². The second kappa shape index (κ2) is 21.0. The molecular formula is C50H64N6O6. The lowest BCUT2D eigenvalue weighted by molar-refractivity contribution is -0.133. The van der Waals surface area contributed by atoms with E-state index in [0.717, 1.165) is 64.2 Å².